The van der Waals surface area contributed by atoms with Gasteiger partial charge >= 0.3 is 0 Å². The zero-order valence-corrected chi connectivity index (χ0v) is 8.41. The molecule has 2 N–H and O–H groups in total. The summed E-state index contributed by atoms with van der Waals surface area (Å²) in [6.07, 6.45) is 3.28. The Hall–Kier alpha value is -1.49. The standard InChI is InChI=1S/C9H9N3OS/c1-6-5-13-9(12-6)14-7-2-3-11-8(10)4-7/h2-5H,1H3,(H2,10,11). The fourth-order valence-electron chi connectivity index (χ4n) is 0.971. The van der Waals surface area contributed by atoms with E-state index in [4.69, 9.17) is 10.2 Å². The van der Waals surface area contributed by atoms with E-state index in [-0.39, 0.29) is 0 Å². The summed E-state index contributed by atoms with van der Waals surface area (Å²) in [4.78, 5) is 9.04. The number of nitrogens with zero attached hydrogens (tertiary/aromatic N) is 2. The van der Waals surface area contributed by atoms with Gasteiger partial charge in [-0.1, -0.05) is 0 Å². The van der Waals surface area contributed by atoms with Crippen LogP contribution in [0.4, 0.5) is 5.82 Å². The van der Waals surface area contributed by atoms with Gasteiger partial charge in [-0.25, -0.2) is 9.97 Å². The van der Waals surface area contributed by atoms with Gasteiger partial charge in [-0.3, -0.25) is 0 Å². The first-order valence-corrected chi connectivity index (χ1v) is 4.87. The molecule has 2 aromatic rings. The Bertz CT molecular complexity index is 441. The molecule has 0 aromatic carbocycles. The molecule has 0 bridgehead atoms. The summed E-state index contributed by atoms with van der Waals surface area (Å²) in [5.74, 6) is 0.498. The molecule has 0 unspecified atom stereocenters. The number of pyridine rings is 1. The van der Waals surface area contributed by atoms with Crippen molar-refractivity contribution in [2.45, 2.75) is 17.0 Å². The van der Waals surface area contributed by atoms with E-state index in [1.54, 1.807) is 18.5 Å². The highest BCUT2D eigenvalue weighted by Gasteiger charge is 2.03. The number of nitrogen functional groups attached to an aromatic ring is 1. The predicted octanol–water partition coefficient (Wildman–Crippen LogP) is 2.11. The van der Waals surface area contributed by atoms with Crippen molar-refractivity contribution in [2.24, 2.45) is 0 Å². The summed E-state index contributed by atoms with van der Waals surface area (Å²) < 4.78 is 5.20. The molecule has 0 fully saturated rings. The van der Waals surface area contributed by atoms with Crippen molar-refractivity contribution in [3.63, 3.8) is 0 Å². The Labute approximate surface area is 85.6 Å². The maximum absolute atomic E-state index is 5.54. The number of nitrogens with two attached hydrogens (primary N) is 1. The van der Waals surface area contributed by atoms with E-state index in [0.717, 1.165) is 10.6 Å². The van der Waals surface area contributed by atoms with Gasteiger partial charge in [0.2, 0.25) is 0 Å². The first kappa shape index (κ1) is 9.08. The Morgan fingerprint density at radius 1 is 1.50 bits per heavy atom. The first-order chi connectivity index (χ1) is 6.74. The fraction of sp³-hybridized carbons (Fsp3) is 0.111. The molecule has 0 radical (unpaired) electrons. The van der Waals surface area contributed by atoms with Gasteiger partial charge < -0.3 is 10.2 Å². The van der Waals surface area contributed by atoms with Crippen molar-refractivity contribution in [2.75, 3.05) is 5.73 Å². The SMILES string of the molecule is Cc1coc(Sc2ccnc(N)c2)n1. The van der Waals surface area contributed by atoms with Crippen molar-refractivity contribution >= 4 is 17.6 Å². The Kier molecular flexibility index (Phi) is 2.41. The van der Waals surface area contributed by atoms with Crippen molar-refractivity contribution in [3.05, 3.63) is 30.3 Å². The van der Waals surface area contributed by atoms with Crippen LogP contribution in [0.3, 0.4) is 0 Å². The second-order valence-electron chi connectivity index (χ2n) is 2.77. The molecule has 0 saturated carbocycles. The number of hydrogen-bond acceptors (Lipinski definition) is 5. The second kappa shape index (κ2) is 3.71. The van der Waals surface area contributed by atoms with Gasteiger partial charge in [0.1, 0.15) is 12.1 Å². The van der Waals surface area contributed by atoms with Crippen LogP contribution in [-0.2, 0) is 0 Å². The van der Waals surface area contributed by atoms with Crippen LogP contribution in [0.2, 0.25) is 0 Å². The van der Waals surface area contributed by atoms with Crippen LogP contribution in [-0.4, -0.2) is 9.97 Å². The van der Waals surface area contributed by atoms with Crippen LogP contribution >= 0.6 is 11.8 Å². The van der Waals surface area contributed by atoms with Gasteiger partial charge in [-0.15, -0.1) is 0 Å². The fourth-order valence-corrected chi connectivity index (χ4v) is 1.77. The topological polar surface area (TPSA) is 64.9 Å². The minimum atomic E-state index is 0.498. The maximum atomic E-state index is 5.54. The summed E-state index contributed by atoms with van der Waals surface area (Å²) in [5, 5.41) is 0.619. The number of anilines is 1. The molecular formula is C9H9N3OS. The number of hydrogen-bond donors (Lipinski definition) is 1. The average Bonchev–Trinajstić information content (AvgIpc) is 2.51. The van der Waals surface area contributed by atoms with Crippen LogP contribution in [0.15, 0.2) is 39.1 Å². The molecule has 5 heteroatoms. The lowest BCUT2D eigenvalue weighted by Gasteiger charge is -1.96. The molecule has 0 amide bonds. The third-order valence-corrected chi connectivity index (χ3v) is 2.41. The van der Waals surface area contributed by atoms with Gasteiger partial charge in [0.05, 0.1) is 5.69 Å². The quantitative estimate of drug-likeness (QED) is 0.817. The average molecular weight is 207 g/mol. The maximum Gasteiger partial charge on any atom is 0.260 e. The van der Waals surface area contributed by atoms with Gasteiger partial charge in [0.15, 0.2) is 0 Å². The Morgan fingerprint density at radius 2 is 2.36 bits per heavy atom. The third-order valence-electron chi connectivity index (χ3n) is 1.56. The summed E-state index contributed by atoms with van der Waals surface area (Å²) >= 11 is 1.42. The molecule has 14 heavy (non-hydrogen) atoms. The number of rotatable bonds is 2. The molecule has 2 aromatic heterocycles. The molecule has 0 aliphatic heterocycles. The highest BCUT2D eigenvalue weighted by molar-refractivity contribution is 7.99. The number of oxazole rings is 1. The minimum absolute atomic E-state index is 0.498. The van der Waals surface area contributed by atoms with E-state index in [9.17, 15) is 0 Å². The molecule has 2 heterocycles. The van der Waals surface area contributed by atoms with Gasteiger partial charge in [-0.2, -0.15) is 0 Å². The van der Waals surface area contributed by atoms with E-state index >= 15 is 0 Å². The number of aromatic nitrogens is 2. The number of aryl methyl sites for hydroxylation is 1. The molecule has 4 nitrogen and oxygen atoms in total. The molecule has 2 rings (SSSR count). The molecular weight excluding hydrogens is 198 g/mol. The van der Waals surface area contributed by atoms with Gasteiger partial charge in [-0.05, 0) is 30.8 Å². The monoisotopic (exact) mass is 207 g/mol. The summed E-state index contributed by atoms with van der Waals surface area (Å²) in [5.41, 5.74) is 6.41. The van der Waals surface area contributed by atoms with E-state index in [1.807, 2.05) is 13.0 Å². The minimum Gasteiger partial charge on any atom is -0.439 e. The summed E-state index contributed by atoms with van der Waals surface area (Å²) in [6, 6.07) is 3.64. The van der Waals surface area contributed by atoms with Crippen molar-refractivity contribution < 1.29 is 4.42 Å². The normalized spacial score (nSPS) is 10.4. The molecule has 0 saturated heterocycles. The van der Waals surface area contributed by atoms with E-state index in [0.29, 0.717) is 11.0 Å². The molecule has 0 aliphatic carbocycles. The second-order valence-corrected chi connectivity index (χ2v) is 3.80. The first-order valence-electron chi connectivity index (χ1n) is 4.05. The summed E-state index contributed by atoms with van der Waals surface area (Å²) in [6.45, 7) is 1.88. The van der Waals surface area contributed by atoms with Gasteiger partial charge in [0.25, 0.3) is 5.22 Å². The van der Waals surface area contributed by atoms with Crippen molar-refractivity contribution in [3.8, 4) is 0 Å². The van der Waals surface area contributed by atoms with Gasteiger partial charge in [0, 0.05) is 11.1 Å². The Morgan fingerprint density at radius 3 is 3.00 bits per heavy atom. The van der Waals surface area contributed by atoms with Crippen LogP contribution in [0, 0.1) is 6.92 Å². The summed E-state index contributed by atoms with van der Waals surface area (Å²) in [7, 11) is 0. The molecule has 72 valence electrons. The Balaban J connectivity index is 2.18. The lowest BCUT2D eigenvalue weighted by atomic mass is 10.5. The zero-order chi connectivity index (χ0) is 9.97. The van der Waals surface area contributed by atoms with E-state index in [2.05, 4.69) is 9.97 Å². The highest BCUT2D eigenvalue weighted by atomic mass is 32.2. The highest BCUT2D eigenvalue weighted by Crippen LogP contribution is 2.26. The van der Waals surface area contributed by atoms with E-state index in [1.165, 1.54) is 11.8 Å². The van der Waals surface area contributed by atoms with Crippen molar-refractivity contribution in [1.82, 2.24) is 9.97 Å². The lowest BCUT2D eigenvalue weighted by Crippen LogP contribution is -1.88. The third kappa shape index (κ3) is 2.05. The smallest absolute Gasteiger partial charge is 0.260 e. The largest absolute Gasteiger partial charge is 0.439 e. The predicted molar refractivity (Wildman–Crippen MR) is 54.0 cm³/mol. The van der Waals surface area contributed by atoms with E-state index < -0.39 is 0 Å². The van der Waals surface area contributed by atoms with Crippen LogP contribution in [0.1, 0.15) is 5.69 Å². The molecule has 0 atom stereocenters. The molecule has 0 spiro atoms. The van der Waals surface area contributed by atoms with Crippen LogP contribution in [0.5, 0.6) is 0 Å². The van der Waals surface area contributed by atoms with Crippen LogP contribution < -0.4 is 5.73 Å². The molecule has 0 aliphatic rings. The van der Waals surface area contributed by atoms with Crippen molar-refractivity contribution in [1.29, 1.82) is 0 Å². The zero-order valence-electron chi connectivity index (χ0n) is 7.60. The van der Waals surface area contributed by atoms with Crippen LogP contribution in [0.25, 0.3) is 0 Å². The lowest BCUT2D eigenvalue weighted by molar-refractivity contribution is 0.454.